The Morgan fingerprint density at radius 1 is 0.952 bits per heavy atom. The Morgan fingerprint density at radius 3 is 2.10 bits per heavy atom. The maximum atomic E-state index is 5.71. The highest BCUT2D eigenvalue weighted by atomic mass is 16.5. The first-order chi connectivity index (χ1) is 9.97. The van der Waals surface area contributed by atoms with Gasteiger partial charge in [-0.05, 0) is 33.6 Å². The highest BCUT2D eigenvalue weighted by Gasteiger charge is 2.34. The number of unbranched alkanes of at least 4 members (excludes halogenated alkanes) is 7. The maximum Gasteiger partial charge on any atom is 0.0535 e. The predicted octanol–water partition coefficient (Wildman–Crippen LogP) is 5.31. The summed E-state index contributed by atoms with van der Waals surface area (Å²) in [4.78, 5) is 0. The molecule has 0 aliphatic carbocycles. The summed E-state index contributed by atoms with van der Waals surface area (Å²) in [5, 5.41) is 3.70. The lowest BCUT2D eigenvalue weighted by Crippen LogP contribution is -2.44. The van der Waals surface area contributed by atoms with E-state index < -0.39 is 0 Å². The van der Waals surface area contributed by atoms with E-state index in [-0.39, 0.29) is 5.54 Å². The Balaban J connectivity index is 2.14. The summed E-state index contributed by atoms with van der Waals surface area (Å²) in [5.74, 6) is 0. The van der Waals surface area contributed by atoms with Crippen molar-refractivity contribution in [2.45, 2.75) is 97.4 Å². The van der Waals surface area contributed by atoms with Gasteiger partial charge in [-0.15, -0.1) is 0 Å². The summed E-state index contributed by atoms with van der Waals surface area (Å²) in [6.45, 7) is 12.1. The summed E-state index contributed by atoms with van der Waals surface area (Å²) < 4.78 is 5.71. The van der Waals surface area contributed by atoms with Crippen LogP contribution in [0.4, 0.5) is 0 Å². The highest BCUT2D eigenvalue weighted by Crippen LogP contribution is 2.34. The fourth-order valence-electron chi connectivity index (χ4n) is 3.16. The van der Waals surface area contributed by atoms with Gasteiger partial charge in [0, 0.05) is 24.1 Å². The fraction of sp³-hybridized carbons (Fsp3) is 1.00. The van der Waals surface area contributed by atoms with Gasteiger partial charge in [-0.1, -0.05) is 58.3 Å². The molecule has 1 heterocycles. The molecule has 1 unspecified atom stereocenters. The molecule has 2 nitrogen and oxygen atoms in total. The first kappa shape index (κ1) is 19.0. The van der Waals surface area contributed by atoms with E-state index >= 15 is 0 Å². The molecule has 1 rings (SSSR count). The number of hydrogen-bond acceptors (Lipinski definition) is 2. The number of rotatable bonds is 11. The van der Waals surface area contributed by atoms with Crippen LogP contribution in [0.2, 0.25) is 0 Å². The highest BCUT2D eigenvalue weighted by molar-refractivity contribution is 4.87. The number of nitrogens with one attached hydrogen (secondary N) is 1. The Morgan fingerprint density at radius 2 is 1.57 bits per heavy atom. The van der Waals surface area contributed by atoms with Gasteiger partial charge in [0.1, 0.15) is 0 Å². The Bertz CT molecular complexity index is 251. The zero-order valence-electron chi connectivity index (χ0n) is 15.1. The molecule has 0 amide bonds. The minimum Gasteiger partial charge on any atom is -0.381 e. The summed E-state index contributed by atoms with van der Waals surface area (Å²) in [7, 11) is 0. The summed E-state index contributed by atoms with van der Waals surface area (Å²) in [6, 6.07) is 0. The largest absolute Gasteiger partial charge is 0.381 e. The lowest BCUT2D eigenvalue weighted by atomic mass is 9.81. The van der Waals surface area contributed by atoms with Gasteiger partial charge in [0.25, 0.3) is 0 Å². The van der Waals surface area contributed by atoms with E-state index in [2.05, 4.69) is 33.0 Å². The lowest BCUT2D eigenvalue weighted by Gasteiger charge is -2.32. The average molecular weight is 298 g/mol. The molecule has 1 aliphatic heterocycles. The van der Waals surface area contributed by atoms with Crippen LogP contribution in [0.25, 0.3) is 0 Å². The molecule has 0 aromatic heterocycles. The smallest absolute Gasteiger partial charge is 0.0535 e. The van der Waals surface area contributed by atoms with Gasteiger partial charge in [-0.3, -0.25) is 0 Å². The van der Waals surface area contributed by atoms with Crippen molar-refractivity contribution in [2.24, 2.45) is 5.41 Å². The van der Waals surface area contributed by atoms with Crippen LogP contribution in [0, 0.1) is 5.41 Å². The van der Waals surface area contributed by atoms with Gasteiger partial charge >= 0.3 is 0 Å². The van der Waals surface area contributed by atoms with E-state index in [0.717, 1.165) is 19.8 Å². The molecule has 1 N–H and O–H groups in total. The Labute approximate surface area is 133 Å². The SMILES string of the molecule is CCCCCCCCCCC1(CNC(C)(C)C)CCOC1. The second kappa shape index (κ2) is 9.84. The molecule has 126 valence electrons. The molecular formula is C19H39NO. The van der Waals surface area contributed by atoms with Crippen LogP contribution in [0.15, 0.2) is 0 Å². The van der Waals surface area contributed by atoms with Crippen molar-refractivity contribution in [1.29, 1.82) is 0 Å². The fourth-order valence-corrected chi connectivity index (χ4v) is 3.16. The molecule has 1 atom stereocenters. The normalized spacial score (nSPS) is 22.9. The van der Waals surface area contributed by atoms with Crippen LogP contribution < -0.4 is 5.32 Å². The van der Waals surface area contributed by atoms with E-state index in [1.54, 1.807) is 0 Å². The van der Waals surface area contributed by atoms with Crippen molar-refractivity contribution in [3.63, 3.8) is 0 Å². The van der Waals surface area contributed by atoms with Crippen LogP contribution in [-0.2, 0) is 4.74 Å². The van der Waals surface area contributed by atoms with Gasteiger partial charge in [-0.25, -0.2) is 0 Å². The van der Waals surface area contributed by atoms with E-state index in [1.807, 2.05) is 0 Å². The molecule has 21 heavy (non-hydrogen) atoms. The van der Waals surface area contributed by atoms with Crippen LogP contribution in [0.1, 0.15) is 91.9 Å². The molecular weight excluding hydrogens is 258 g/mol. The van der Waals surface area contributed by atoms with Gasteiger partial charge in [0.15, 0.2) is 0 Å². The quantitative estimate of drug-likeness (QED) is 0.522. The van der Waals surface area contributed by atoms with Crippen molar-refractivity contribution in [2.75, 3.05) is 19.8 Å². The van der Waals surface area contributed by atoms with Crippen LogP contribution in [0.5, 0.6) is 0 Å². The van der Waals surface area contributed by atoms with Crippen LogP contribution >= 0.6 is 0 Å². The minimum atomic E-state index is 0.217. The predicted molar refractivity (Wildman–Crippen MR) is 92.9 cm³/mol. The lowest BCUT2D eigenvalue weighted by molar-refractivity contribution is 0.136. The van der Waals surface area contributed by atoms with Crippen molar-refractivity contribution in [3.8, 4) is 0 Å². The molecule has 0 saturated carbocycles. The third-order valence-electron chi connectivity index (χ3n) is 4.74. The average Bonchev–Trinajstić information content (AvgIpc) is 2.88. The van der Waals surface area contributed by atoms with Gasteiger partial charge in [0.2, 0.25) is 0 Å². The molecule has 0 radical (unpaired) electrons. The van der Waals surface area contributed by atoms with Crippen LogP contribution in [-0.4, -0.2) is 25.3 Å². The maximum absolute atomic E-state index is 5.71. The molecule has 0 aromatic rings. The Hall–Kier alpha value is -0.0800. The molecule has 2 heteroatoms. The van der Waals surface area contributed by atoms with E-state index in [9.17, 15) is 0 Å². The molecule has 0 aromatic carbocycles. The third-order valence-corrected chi connectivity index (χ3v) is 4.74. The molecule has 0 bridgehead atoms. The second-order valence-electron chi connectivity index (χ2n) is 8.13. The first-order valence-corrected chi connectivity index (χ1v) is 9.30. The third kappa shape index (κ3) is 8.83. The van der Waals surface area contributed by atoms with E-state index in [0.29, 0.717) is 5.41 Å². The van der Waals surface area contributed by atoms with Gasteiger partial charge in [0.05, 0.1) is 6.61 Å². The van der Waals surface area contributed by atoms with E-state index in [1.165, 1.54) is 64.2 Å². The summed E-state index contributed by atoms with van der Waals surface area (Å²) >= 11 is 0. The van der Waals surface area contributed by atoms with Gasteiger partial charge < -0.3 is 10.1 Å². The summed E-state index contributed by atoms with van der Waals surface area (Å²) in [6.07, 6.45) is 13.9. The van der Waals surface area contributed by atoms with E-state index in [4.69, 9.17) is 4.74 Å². The molecule has 1 aliphatic rings. The van der Waals surface area contributed by atoms with Crippen molar-refractivity contribution in [3.05, 3.63) is 0 Å². The van der Waals surface area contributed by atoms with Crippen LogP contribution in [0.3, 0.4) is 0 Å². The monoisotopic (exact) mass is 297 g/mol. The zero-order chi connectivity index (χ0) is 15.6. The molecule has 1 fully saturated rings. The number of hydrogen-bond donors (Lipinski definition) is 1. The molecule has 1 saturated heterocycles. The minimum absolute atomic E-state index is 0.217. The number of ether oxygens (including phenoxy) is 1. The topological polar surface area (TPSA) is 21.3 Å². The molecule has 0 spiro atoms. The van der Waals surface area contributed by atoms with Crippen molar-refractivity contribution < 1.29 is 4.74 Å². The van der Waals surface area contributed by atoms with Crippen molar-refractivity contribution in [1.82, 2.24) is 5.32 Å². The summed E-state index contributed by atoms with van der Waals surface area (Å²) in [5.41, 5.74) is 0.629. The zero-order valence-corrected chi connectivity index (χ0v) is 15.1. The van der Waals surface area contributed by atoms with Gasteiger partial charge in [-0.2, -0.15) is 0 Å². The second-order valence-corrected chi connectivity index (χ2v) is 8.13. The van der Waals surface area contributed by atoms with Crippen molar-refractivity contribution >= 4 is 0 Å². The Kier molecular flexibility index (Phi) is 8.89. The first-order valence-electron chi connectivity index (χ1n) is 9.30. The standard InChI is InChI=1S/C19H39NO/c1-5-6-7-8-9-10-11-12-13-19(14-15-21-17-19)16-20-18(2,3)4/h20H,5-17H2,1-4H3.